The number of carbonyl (C=O) groups excluding carboxylic acids is 1. The van der Waals surface area contributed by atoms with Gasteiger partial charge in [0.15, 0.2) is 0 Å². The molecule has 4 nitrogen and oxygen atoms in total. The van der Waals surface area contributed by atoms with Gasteiger partial charge in [0.1, 0.15) is 0 Å². The summed E-state index contributed by atoms with van der Waals surface area (Å²) in [5.41, 5.74) is 0. The summed E-state index contributed by atoms with van der Waals surface area (Å²) in [6, 6.07) is 0. The summed E-state index contributed by atoms with van der Waals surface area (Å²) in [4.78, 5) is 23.0. The number of hydrogen-bond donors (Lipinski definition) is 1. The lowest BCUT2D eigenvalue weighted by Crippen LogP contribution is -2.19. The molecule has 0 saturated heterocycles. The summed E-state index contributed by atoms with van der Waals surface area (Å²) in [5.74, 6) is -1.28. The molecule has 0 radical (unpaired) electrons. The monoisotopic (exact) mass is 356 g/mol. The van der Waals surface area contributed by atoms with Crippen LogP contribution in [-0.4, -0.2) is 23.7 Å². The number of unbranched alkanes of at least 4 members (excludes halogenated alkanes) is 10. The predicted molar refractivity (Wildman–Crippen MR) is 103 cm³/mol. The quantitative estimate of drug-likeness (QED) is 0.237. The topological polar surface area (TPSA) is 63.6 Å². The first-order valence-electron chi connectivity index (χ1n) is 10.5. The average Bonchev–Trinajstić information content (AvgIpc) is 2.59. The molecule has 25 heavy (non-hydrogen) atoms. The number of carboxylic acids is 1. The van der Waals surface area contributed by atoms with Gasteiger partial charge in [-0.15, -0.1) is 0 Å². The van der Waals surface area contributed by atoms with E-state index in [1.807, 2.05) is 0 Å². The number of esters is 1. The molecule has 1 unspecified atom stereocenters. The van der Waals surface area contributed by atoms with Gasteiger partial charge in [0.2, 0.25) is 0 Å². The van der Waals surface area contributed by atoms with Gasteiger partial charge in [-0.1, -0.05) is 84.5 Å². The van der Waals surface area contributed by atoms with E-state index in [1.165, 1.54) is 51.4 Å². The average molecular weight is 357 g/mol. The molecule has 0 spiro atoms. The maximum atomic E-state index is 12.2. The highest BCUT2D eigenvalue weighted by Crippen LogP contribution is 2.19. The second-order valence-electron chi connectivity index (χ2n) is 7.12. The summed E-state index contributed by atoms with van der Waals surface area (Å²) in [5, 5.41) is 8.88. The molecule has 0 saturated carbocycles. The van der Waals surface area contributed by atoms with Crippen molar-refractivity contribution < 1.29 is 19.4 Å². The highest BCUT2D eigenvalue weighted by molar-refractivity contribution is 5.74. The van der Waals surface area contributed by atoms with E-state index in [4.69, 9.17) is 9.84 Å². The molecule has 0 aliphatic heterocycles. The van der Waals surface area contributed by atoms with Crippen LogP contribution in [0.5, 0.6) is 0 Å². The van der Waals surface area contributed by atoms with E-state index in [-0.39, 0.29) is 18.3 Å². The smallest absolute Gasteiger partial charge is 0.308 e. The lowest BCUT2D eigenvalue weighted by atomic mass is 9.95. The van der Waals surface area contributed by atoms with E-state index in [9.17, 15) is 9.59 Å². The Hall–Kier alpha value is -1.06. The molecular formula is C21H40O4. The largest absolute Gasteiger partial charge is 0.481 e. The number of carboxylic acid groups (broad SMARTS) is 1. The van der Waals surface area contributed by atoms with Crippen molar-refractivity contribution >= 4 is 11.9 Å². The zero-order valence-electron chi connectivity index (χ0n) is 16.6. The van der Waals surface area contributed by atoms with Gasteiger partial charge in [-0.2, -0.15) is 0 Å². The molecule has 1 N–H and O–H groups in total. The van der Waals surface area contributed by atoms with Crippen LogP contribution in [0.3, 0.4) is 0 Å². The highest BCUT2D eigenvalue weighted by Gasteiger charge is 2.20. The fourth-order valence-corrected chi connectivity index (χ4v) is 3.02. The second kappa shape index (κ2) is 17.8. The summed E-state index contributed by atoms with van der Waals surface area (Å²) in [7, 11) is 0. The number of aliphatic carboxylic acids is 1. The first-order chi connectivity index (χ1) is 12.1. The molecule has 0 fully saturated rings. The number of hydrogen-bond acceptors (Lipinski definition) is 3. The van der Waals surface area contributed by atoms with Crippen molar-refractivity contribution in [3.63, 3.8) is 0 Å². The molecule has 0 aliphatic carbocycles. The Balaban J connectivity index is 3.96. The zero-order valence-corrected chi connectivity index (χ0v) is 16.6. The third-order valence-electron chi connectivity index (χ3n) is 4.69. The lowest BCUT2D eigenvalue weighted by Gasteiger charge is -2.15. The van der Waals surface area contributed by atoms with Crippen LogP contribution >= 0.6 is 0 Å². The van der Waals surface area contributed by atoms with Crippen LogP contribution in [-0.2, 0) is 14.3 Å². The van der Waals surface area contributed by atoms with E-state index in [0.717, 1.165) is 32.1 Å². The minimum atomic E-state index is -0.836. The van der Waals surface area contributed by atoms with Crippen molar-refractivity contribution in [3.8, 4) is 0 Å². The van der Waals surface area contributed by atoms with Crippen molar-refractivity contribution in [2.24, 2.45) is 5.92 Å². The SMILES string of the molecule is CCCCCCCCOC(=O)C(CCCCCCCC)CCC(=O)O. The van der Waals surface area contributed by atoms with Gasteiger partial charge >= 0.3 is 11.9 Å². The Bertz CT molecular complexity index is 328. The van der Waals surface area contributed by atoms with E-state index in [2.05, 4.69) is 13.8 Å². The Morgan fingerprint density at radius 1 is 0.760 bits per heavy atom. The van der Waals surface area contributed by atoms with Crippen LogP contribution in [0.15, 0.2) is 0 Å². The summed E-state index contributed by atoms with van der Waals surface area (Å²) < 4.78 is 5.41. The second-order valence-corrected chi connectivity index (χ2v) is 7.12. The zero-order chi connectivity index (χ0) is 18.8. The summed E-state index contributed by atoms with van der Waals surface area (Å²) in [6.45, 7) is 4.87. The van der Waals surface area contributed by atoms with Crippen LogP contribution in [0.25, 0.3) is 0 Å². The van der Waals surface area contributed by atoms with Gasteiger partial charge < -0.3 is 9.84 Å². The molecule has 1 atom stereocenters. The first kappa shape index (κ1) is 23.9. The molecule has 0 amide bonds. The third-order valence-corrected chi connectivity index (χ3v) is 4.69. The van der Waals surface area contributed by atoms with Gasteiger partial charge in [0.25, 0.3) is 0 Å². The Kier molecular flexibility index (Phi) is 17.0. The highest BCUT2D eigenvalue weighted by atomic mass is 16.5. The van der Waals surface area contributed by atoms with Gasteiger partial charge in [0, 0.05) is 6.42 Å². The van der Waals surface area contributed by atoms with Crippen LogP contribution in [0.1, 0.15) is 110 Å². The van der Waals surface area contributed by atoms with E-state index in [0.29, 0.717) is 13.0 Å². The number of rotatable bonds is 18. The molecule has 0 rings (SSSR count). The molecule has 0 heterocycles. The fraction of sp³-hybridized carbons (Fsp3) is 0.905. The minimum Gasteiger partial charge on any atom is -0.481 e. The number of carbonyl (C=O) groups is 2. The van der Waals surface area contributed by atoms with Crippen LogP contribution in [0, 0.1) is 5.92 Å². The maximum absolute atomic E-state index is 12.2. The first-order valence-corrected chi connectivity index (χ1v) is 10.5. The molecule has 0 aromatic carbocycles. The van der Waals surface area contributed by atoms with Gasteiger partial charge in [0.05, 0.1) is 12.5 Å². The van der Waals surface area contributed by atoms with Crippen LogP contribution in [0.2, 0.25) is 0 Å². The number of ether oxygens (including phenoxy) is 1. The third kappa shape index (κ3) is 16.2. The molecule has 0 aromatic rings. The Morgan fingerprint density at radius 3 is 1.84 bits per heavy atom. The van der Waals surface area contributed by atoms with Crippen LogP contribution in [0.4, 0.5) is 0 Å². The molecule has 148 valence electrons. The molecule has 0 bridgehead atoms. The van der Waals surface area contributed by atoms with Gasteiger partial charge in [-0.25, -0.2) is 0 Å². The van der Waals surface area contributed by atoms with E-state index < -0.39 is 5.97 Å². The van der Waals surface area contributed by atoms with Gasteiger partial charge in [-0.3, -0.25) is 9.59 Å². The van der Waals surface area contributed by atoms with Crippen molar-refractivity contribution in [1.29, 1.82) is 0 Å². The maximum Gasteiger partial charge on any atom is 0.308 e. The molecular weight excluding hydrogens is 316 g/mol. The predicted octanol–water partition coefficient (Wildman–Crippen LogP) is 6.12. The van der Waals surface area contributed by atoms with E-state index >= 15 is 0 Å². The van der Waals surface area contributed by atoms with Crippen molar-refractivity contribution in [2.45, 2.75) is 110 Å². The molecule has 0 aliphatic rings. The standard InChI is InChI=1S/C21H40O4/c1-3-5-7-9-11-13-15-19(16-17-20(22)23)21(24)25-18-14-12-10-8-6-4-2/h19H,3-18H2,1-2H3,(H,22,23). The fourth-order valence-electron chi connectivity index (χ4n) is 3.02. The normalized spacial score (nSPS) is 12.1. The van der Waals surface area contributed by atoms with Crippen molar-refractivity contribution in [1.82, 2.24) is 0 Å². The Morgan fingerprint density at radius 2 is 1.28 bits per heavy atom. The lowest BCUT2D eigenvalue weighted by molar-refractivity contribution is -0.149. The molecule has 4 heteroatoms. The van der Waals surface area contributed by atoms with Crippen molar-refractivity contribution in [3.05, 3.63) is 0 Å². The van der Waals surface area contributed by atoms with Gasteiger partial charge in [-0.05, 0) is 19.3 Å². The molecule has 0 aromatic heterocycles. The van der Waals surface area contributed by atoms with Crippen molar-refractivity contribution in [2.75, 3.05) is 6.61 Å². The summed E-state index contributed by atoms with van der Waals surface area (Å²) in [6.07, 6.45) is 15.2. The Labute approximate surface area is 154 Å². The minimum absolute atomic E-state index is 0.0482. The van der Waals surface area contributed by atoms with E-state index in [1.54, 1.807) is 0 Å². The van der Waals surface area contributed by atoms with Crippen LogP contribution < -0.4 is 0 Å². The summed E-state index contributed by atoms with van der Waals surface area (Å²) >= 11 is 0.